The quantitative estimate of drug-likeness (QED) is 0.772. The summed E-state index contributed by atoms with van der Waals surface area (Å²) in [7, 11) is 0. The first-order valence-electron chi connectivity index (χ1n) is 5.10. The number of carbonyl (C=O) groups excluding carboxylic acids is 1. The fourth-order valence-electron chi connectivity index (χ4n) is 1.70. The molecule has 0 N–H and O–H groups in total. The minimum atomic E-state index is -4.52. The number of aldehydes is 1. The Morgan fingerprint density at radius 1 is 1.33 bits per heavy atom. The lowest BCUT2D eigenvalue weighted by Gasteiger charge is -2.14. The molecule has 0 saturated heterocycles. The topological polar surface area (TPSA) is 34.9 Å². The molecule has 0 amide bonds. The van der Waals surface area contributed by atoms with Gasteiger partial charge in [-0.2, -0.15) is 13.2 Å². The van der Waals surface area contributed by atoms with E-state index in [0.717, 1.165) is 6.07 Å². The first kappa shape index (κ1) is 12.3. The van der Waals surface area contributed by atoms with Gasteiger partial charge in [-0.05, 0) is 25.1 Å². The zero-order chi connectivity index (χ0) is 13.3. The van der Waals surface area contributed by atoms with Crippen molar-refractivity contribution in [1.29, 1.82) is 0 Å². The van der Waals surface area contributed by atoms with Gasteiger partial charge in [0.2, 0.25) is 0 Å². The van der Waals surface area contributed by atoms with Crippen molar-refractivity contribution in [2.24, 2.45) is 0 Å². The number of halogens is 3. The van der Waals surface area contributed by atoms with E-state index >= 15 is 0 Å². The largest absolute Gasteiger partial charge is 0.418 e. The summed E-state index contributed by atoms with van der Waals surface area (Å²) in [4.78, 5) is 14.4. The highest BCUT2D eigenvalue weighted by Crippen LogP contribution is 2.34. The van der Waals surface area contributed by atoms with Crippen LogP contribution >= 0.6 is 0 Å². The predicted octanol–water partition coefficient (Wildman–Crippen LogP) is 3.01. The van der Waals surface area contributed by atoms with E-state index < -0.39 is 11.7 Å². The van der Waals surface area contributed by atoms with Crippen molar-refractivity contribution in [1.82, 2.24) is 9.55 Å². The average Bonchev–Trinajstić information content (AvgIpc) is 2.73. The molecule has 2 rings (SSSR count). The van der Waals surface area contributed by atoms with Crippen molar-refractivity contribution in [3.05, 3.63) is 47.5 Å². The molecule has 18 heavy (non-hydrogen) atoms. The number of benzene rings is 1. The third-order valence-electron chi connectivity index (χ3n) is 2.55. The monoisotopic (exact) mass is 254 g/mol. The Bertz CT molecular complexity index is 587. The van der Waals surface area contributed by atoms with Crippen LogP contribution in [0.3, 0.4) is 0 Å². The van der Waals surface area contributed by atoms with Gasteiger partial charge in [-0.25, -0.2) is 4.98 Å². The summed E-state index contributed by atoms with van der Waals surface area (Å²) in [5.41, 5.74) is -0.903. The van der Waals surface area contributed by atoms with Crippen molar-refractivity contribution in [2.75, 3.05) is 0 Å². The highest BCUT2D eigenvalue weighted by atomic mass is 19.4. The second kappa shape index (κ2) is 4.29. The van der Waals surface area contributed by atoms with Crippen molar-refractivity contribution in [3.8, 4) is 5.69 Å². The van der Waals surface area contributed by atoms with Gasteiger partial charge in [-0.15, -0.1) is 0 Å². The van der Waals surface area contributed by atoms with Crippen LogP contribution < -0.4 is 0 Å². The standard InChI is InChI=1S/C12H9F3N2O/c1-8-16-4-5-17(8)11-3-2-9(7-18)6-10(11)12(13,14)15/h2-7H,1H3. The molecular formula is C12H9F3N2O. The molecule has 1 heterocycles. The highest BCUT2D eigenvalue weighted by Gasteiger charge is 2.34. The van der Waals surface area contributed by atoms with Crippen LogP contribution in [-0.4, -0.2) is 15.8 Å². The first-order chi connectivity index (χ1) is 8.43. The number of aromatic nitrogens is 2. The van der Waals surface area contributed by atoms with Crippen LogP contribution in [0.2, 0.25) is 0 Å². The maximum Gasteiger partial charge on any atom is 0.418 e. The Kier molecular flexibility index (Phi) is 2.94. The summed E-state index contributed by atoms with van der Waals surface area (Å²) in [6.07, 6.45) is -1.27. The molecule has 0 atom stereocenters. The van der Waals surface area contributed by atoms with E-state index in [2.05, 4.69) is 4.98 Å². The van der Waals surface area contributed by atoms with Gasteiger partial charge in [0, 0.05) is 18.0 Å². The first-order valence-corrected chi connectivity index (χ1v) is 5.10. The van der Waals surface area contributed by atoms with Crippen molar-refractivity contribution >= 4 is 6.29 Å². The zero-order valence-corrected chi connectivity index (χ0v) is 9.40. The van der Waals surface area contributed by atoms with Crippen LogP contribution in [0.5, 0.6) is 0 Å². The van der Waals surface area contributed by atoms with E-state index in [-0.39, 0.29) is 11.3 Å². The van der Waals surface area contributed by atoms with Gasteiger partial charge in [0.15, 0.2) is 0 Å². The van der Waals surface area contributed by atoms with Gasteiger partial charge in [0.05, 0.1) is 11.3 Å². The smallest absolute Gasteiger partial charge is 0.303 e. The van der Waals surface area contributed by atoms with E-state index in [0.29, 0.717) is 12.1 Å². The zero-order valence-electron chi connectivity index (χ0n) is 9.40. The van der Waals surface area contributed by atoms with Crippen molar-refractivity contribution in [2.45, 2.75) is 13.1 Å². The summed E-state index contributed by atoms with van der Waals surface area (Å²) < 4.78 is 40.1. The van der Waals surface area contributed by atoms with Gasteiger partial charge >= 0.3 is 6.18 Å². The van der Waals surface area contributed by atoms with E-state index in [1.165, 1.54) is 29.1 Å². The number of alkyl halides is 3. The second-order valence-electron chi connectivity index (χ2n) is 3.74. The van der Waals surface area contributed by atoms with Gasteiger partial charge in [-0.3, -0.25) is 4.79 Å². The normalized spacial score (nSPS) is 11.6. The molecule has 1 aromatic heterocycles. The number of aryl methyl sites for hydroxylation is 1. The van der Waals surface area contributed by atoms with Gasteiger partial charge < -0.3 is 4.57 Å². The van der Waals surface area contributed by atoms with Crippen LogP contribution in [0.4, 0.5) is 13.2 Å². The van der Waals surface area contributed by atoms with Crippen molar-refractivity contribution in [3.63, 3.8) is 0 Å². The molecule has 0 fully saturated rings. The Hall–Kier alpha value is -2.11. The second-order valence-corrected chi connectivity index (χ2v) is 3.74. The predicted molar refractivity (Wildman–Crippen MR) is 58.7 cm³/mol. The van der Waals surface area contributed by atoms with Crippen LogP contribution in [0, 0.1) is 6.92 Å². The maximum absolute atomic E-state index is 12.9. The molecular weight excluding hydrogens is 245 g/mol. The summed E-state index contributed by atoms with van der Waals surface area (Å²) in [6.45, 7) is 1.60. The lowest BCUT2D eigenvalue weighted by Crippen LogP contribution is -2.12. The molecule has 0 aliphatic rings. The van der Waals surface area contributed by atoms with Crippen LogP contribution in [0.1, 0.15) is 21.7 Å². The summed E-state index contributed by atoms with van der Waals surface area (Å²) in [5.74, 6) is 0.444. The molecule has 0 spiro atoms. The number of hydrogen-bond acceptors (Lipinski definition) is 2. The average molecular weight is 254 g/mol. The number of rotatable bonds is 2. The molecule has 1 aromatic carbocycles. The Morgan fingerprint density at radius 3 is 2.56 bits per heavy atom. The molecule has 6 heteroatoms. The lowest BCUT2D eigenvalue weighted by atomic mass is 10.1. The molecule has 0 aliphatic heterocycles. The van der Waals surface area contributed by atoms with Gasteiger partial charge in [0.1, 0.15) is 12.1 Å². The lowest BCUT2D eigenvalue weighted by molar-refractivity contribution is -0.137. The number of imidazole rings is 1. The molecule has 94 valence electrons. The van der Waals surface area contributed by atoms with Crippen molar-refractivity contribution < 1.29 is 18.0 Å². The van der Waals surface area contributed by atoms with Crippen LogP contribution in [0.25, 0.3) is 5.69 Å². The molecule has 0 bridgehead atoms. The summed E-state index contributed by atoms with van der Waals surface area (Å²) >= 11 is 0. The van der Waals surface area contributed by atoms with Gasteiger partial charge in [0.25, 0.3) is 0 Å². The molecule has 0 aliphatic carbocycles. The number of nitrogens with zero attached hydrogens (tertiary/aromatic N) is 2. The van der Waals surface area contributed by atoms with E-state index in [1.807, 2.05) is 0 Å². The summed E-state index contributed by atoms with van der Waals surface area (Å²) in [6, 6.07) is 3.44. The van der Waals surface area contributed by atoms with Crippen LogP contribution in [-0.2, 0) is 6.18 Å². The number of carbonyl (C=O) groups is 1. The summed E-state index contributed by atoms with van der Waals surface area (Å²) in [5, 5.41) is 0. The highest BCUT2D eigenvalue weighted by molar-refractivity contribution is 5.76. The van der Waals surface area contributed by atoms with Gasteiger partial charge in [-0.1, -0.05) is 0 Å². The SMILES string of the molecule is Cc1nccn1-c1ccc(C=O)cc1C(F)(F)F. The fourth-order valence-corrected chi connectivity index (χ4v) is 1.70. The Labute approximate surface area is 101 Å². The molecule has 0 saturated carbocycles. The number of hydrogen-bond donors (Lipinski definition) is 0. The molecule has 0 radical (unpaired) electrons. The minimum Gasteiger partial charge on any atom is -0.303 e. The maximum atomic E-state index is 12.9. The van der Waals surface area contributed by atoms with E-state index in [9.17, 15) is 18.0 Å². The Morgan fingerprint density at radius 2 is 2.06 bits per heavy atom. The molecule has 3 nitrogen and oxygen atoms in total. The fraction of sp³-hybridized carbons (Fsp3) is 0.167. The van der Waals surface area contributed by atoms with Crippen LogP contribution in [0.15, 0.2) is 30.6 Å². The third kappa shape index (κ3) is 2.13. The third-order valence-corrected chi connectivity index (χ3v) is 2.55. The minimum absolute atomic E-state index is 0.0103. The van der Waals surface area contributed by atoms with E-state index in [4.69, 9.17) is 0 Å². The van der Waals surface area contributed by atoms with E-state index in [1.54, 1.807) is 6.92 Å². The molecule has 2 aromatic rings. The molecule has 0 unspecified atom stereocenters. The Balaban J connectivity index is 2.68.